The molecule has 1 atom stereocenters. The van der Waals surface area contributed by atoms with E-state index >= 15 is 0 Å². The van der Waals surface area contributed by atoms with Crippen molar-refractivity contribution in [1.82, 2.24) is 5.32 Å². The molecule has 0 aliphatic rings. The van der Waals surface area contributed by atoms with Crippen LogP contribution in [0.5, 0.6) is 0 Å². The molecule has 0 heterocycles. The van der Waals surface area contributed by atoms with Gasteiger partial charge in [0.1, 0.15) is 5.60 Å². The van der Waals surface area contributed by atoms with Crippen LogP contribution in [0.15, 0.2) is 0 Å². The lowest BCUT2D eigenvalue weighted by molar-refractivity contribution is -0.488. The van der Waals surface area contributed by atoms with Crippen LogP contribution in [-0.2, 0) is 14.3 Å². The van der Waals surface area contributed by atoms with Crippen LogP contribution in [0.25, 0.3) is 0 Å². The summed E-state index contributed by atoms with van der Waals surface area (Å²) in [4.78, 5) is 32.8. The van der Waals surface area contributed by atoms with Crippen LogP contribution in [0.3, 0.4) is 0 Å². The summed E-state index contributed by atoms with van der Waals surface area (Å²) in [6.07, 6.45) is 2.52. The maximum absolute atomic E-state index is 11.4. The number of hydrogen-bond donors (Lipinski definition) is 1. The summed E-state index contributed by atoms with van der Waals surface area (Å²) in [5.41, 5.74) is -0.520. The number of esters is 1. The Morgan fingerprint density at radius 3 is 2.39 bits per heavy atom. The molecule has 0 bridgehead atoms. The van der Waals surface area contributed by atoms with E-state index in [9.17, 15) is 19.7 Å². The summed E-state index contributed by atoms with van der Waals surface area (Å²) >= 11 is 0. The highest BCUT2D eigenvalue weighted by atomic mass is 16.6. The summed E-state index contributed by atoms with van der Waals surface area (Å²) in [6.45, 7) is 5.65. The molecule has 0 radical (unpaired) electrons. The van der Waals surface area contributed by atoms with Gasteiger partial charge in [0, 0.05) is 17.4 Å². The minimum atomic E-state index is -0.520. The molecule has 0 fully saturated rings. The Labute approximate surface area is 137 Å². The molecule has 1 amide bonds. The first-order valence-corrected chi connectivity index (χ1v) is 7.79. The fraction of sp³-hybridized carbons (Fsp3) is 0.867. The molecule has 0 saturated carbocycles. The van der Waals surface area contributed by atoms with Gasteiger partial charge in [0.15, 0.2) is 0 Å². The van der Waals surface area contributed by atoms with Crippen LogP contribution >= 0.6 is 0 Å². The predicted octanol–water partition coefficient (Wildman–Crippen LogP) is 2.53. The molecule has 8 nitrogen and oxygen atoms in total. The number of nitrogens with one attached hydrogen (secondary N) is 1. The third-order valence-corrected chi connectivity index (χ3v) is 3.05. The Morgan fingerprint density at radius 1 is 1.22 bits per heavy atom. The number of ether oxygens (including phenoxy) is 2. The van der Waals surface area contributed by atoms with E-state index in [1.807, 2.05) is 0 Å². The third kappa shape index (κ3) is 13.5. The molecular formula is C15H28N2O6. The molecule has 134 valence electrons. The van der Waals surface area contributed by atoms with Crippen LogP contribution < -0.4 is 5.32 Å². The number of carbonyl (C=O) groups is 2. The van der Waals surface area contributed by atoms with Crippen molar-refractivity contribution in [1.29, 1.82) is 0 Å². The summed E-state index contributed by atoms with van der Waals surface area (Å²) < 4.78 is 9.66. The minimum Gasteiger partial charge on any atom is -0.469 e. The number of alkyl carbamates (subject to hydrolysis) is 1. The molecular weight excluding hydrogens is 304 g/mol. The largest absolute Gasteiger partial charge is 0.469 e. The number of carbonyl (C=O) groups excluding carboxylic acids is 2. The highest BCUT2D eigenvalue weighted by Gasteiger charge is 2.19. The fourth-order valence-corrected chi connectivity index (χ4v) is 2.03. The number of rotatable bonds is 10. The Morgan fingerprint density at radius 2 is 1.87 bits per heavy atom. The lowest BCUT2D eigenvalue weighted by Gasteiger charge is -2.19. The number of nitro groups is 1. The lowest BCUT2D eigenvalue weighted by Crippen LogP contribution is -2.33. The van der Waals surface area contributed by atoms with E-state index in [1.54, 1.807) is 20.8 Å². The number of hydrogen-bond acceptors (Lipinski definition) is 6. The maximum atomic E-state index is 11.4. The van der Waals surface area contributed by atoms with Crippen LogP contribution in [0.4, 0.5) is 4.79 Å². The van der Waals surface area contributed by atoms with Gasteiger partial charge in [-0.05, 0) is 33.6 Å². The summed E-state index contributed by atoms with van der Waals surface area (Å²) in [7, 11) is 1.27. The van der Waals surface area contributed by atoms with E-state index in [4.69, 9.17) is 4.74 Å². The normalized spacial score (nSPS) is 12.3. The Balaban J connectivity index is 3.87. The van der Waals surface area contributed by atoms with Gasteiger partial charge >= 0.3 is 12.1 Å². The molecule has 1 N–H and O–H groups in total. The Bertz CT molecular complexity index is 392. The van der Waals surface area contributed by atoms with Crippen molar-refractivity contribution in [3.8, 4) is 0 Å². The van der Waals surface area contributed by atoms with Crippen molar-refractivity contribution in [2.75, 3.05) is 20.2 Å². The van der Waals surface area contributed by atoms with Gasteiger partial charge in [0.2, 0.25) is 6.54 Å². The second-order valence-corrected chi connectivity index (χ2v) is 6.44. The Kier molecular flexibility index (Phi) is 9.92. The summed E-state index contributed by atoms with van der Waals surface area (Å²) in [5, 5.41) is 13.3. The molecule has 0 saturated heterocycles. The number of nitrogens with zero attached hydrogens (tertiary/aromatic N) is 1. The molecule has 0 aliphatic heterocycles. The van der Waals surface area contributed by atoms with E-state index in [0.29, 0.717) is 13.0 Å². The van der Waals surface area contributed by atoms with E-state index in [-0.39, 0.29) is 18.9 Å². The smallest absolute Gasteiger partial charge is 0.407 e. The van der Waals surface area contributed by atoms with Crippen molar-refractivity contribution in [2.45, 2.75) is 58.5 Å². The summed E-state index contributed by atoms with van der Waals surface area (Å²) in [5.74, 6) is -0.736. The van der Waals surface area contributed by atoms with E-state index in [0.717, 1.165) is 19.3 Å². The molecule has 0 aromatic rings. The molecule has 0 aromatic carbocycles. The molecule has 0 rings (SSSR count). The topological polar surface area (TPSA) is 108 Å². The number of unbranched alkanes of at least 4 members (excludes halogenated alkanes) is 2. The van der Waals surface area contributed by atoms with Crippen molar-refractivity contribution < 1.29 is 24.0 Å². The molecule has 0 aliphatic carbocycles. The van der Waals surface area contributed by atoms with Crippen LogP contribution in [-0.4, -0.2) is 42.8 Å². The first-order chi connectivity index (χ1) is 10.6. The van der Waals surface area contributed by atoms with Gasteiger partial charge in [-0.15, -0.1) is 0 Å². The van der Waals surface area contributed by atoms with Crippen molar-refractivity contribution >= 4 is 12.1 Å². The molecule has 0 aromatic heterocycles. The van der Waals surface area contributed by atoms with Crippen LogP contribution in [0, 0.1) is 16.0 Å². The zero-order valence-electron chi connectivity index (χ0n) is 14.4. The quantitative estimate of drug-likeness (QED) is 0.285. The maximum Gasteiger partial charge on any atom is 0.407 e. The number of amides is 1. The minimum absolute atomic E-state index is 0.0631. The highest BCUT2D eigenvalue weighted by molar-refractivity contribution is 5.69. The zero-order chi connectivity index (χ0) is 17.9. The van der Waals surface area contributed by atoms with Gasteiger partial charge in [0.25, 0.3) is 0 Å². The van der Waals surface area contributed by atoms with E-state index < -0.39 is 22.6 Å². The second kappa shape index (κ2) is 10.8. The fourth-order valence-electron chi connectivity index (χ4n) is 2.03. The average molecular weight is 332 g/mol. The van der Waals surface area contributed by atoms with Gasteiger partial charge in [0.05, 0.1) is 13.5 Å². The first kappa shape index (κ1) is 21.1. The van der Waals surface area contributed by atoms with Gasteiger partial charge in [-0.1, -0.05) is 12.8 Å². The van der Waals surface area contributed by atoms with E-state index in [1.165, 1.54) is 7.11 Å². The highest BCUT2D eigenvalue weighted by Crippen LogP contribution is 2.15. The Hall–Kier alpha value is -1.86. The average Bonchev–Trinajstić information content (AvgIpc) is 2.39. The van der Waals surface area contributed by atoms with Gasteiger partial charge in [-0.25, -0.2) is 4.79 Å². The second-order valence-electron chi connectivity index (χ2n) is 6.44. The first-order valence-electron chi connectivity index (χ1n) is 7.79. The molecule has 23 heavy (non-hydrogen) atoms. The van der Waals surface area contributed by atoms with E-state index in [2.05, 4.69) is 10.1 Å². The van der Waals surface area contributed by atoms with Crippen molar-refractivity contribution in [3.63, 3.8) is 0 Å². The van der Waals surface area contributed by atoms with Crippen molar-refractivity contribution in [3.05, 3.63) is 10.1 Å². The van der Waals surface area contributed by atoms with Gasteiger partial charge < -0.3 is 14.8 Å². The monoisotopic (exact) mass is 332 g/mol. The van der Waals surface area contributed by atoms with Crippen LogP contribution in [0.2, 0.25) is 0 Å². The standard InChI is InChI=1S/C15H28N2O6/c1-15(2,3)23-14(19)16-9-7-5-6-8-12(11-17(20)21)10-13(18)22-4/h12H,5-11H2,1-4H3,(H,16,19). The molecule has 1 unspecified atom stereocenters. The predicted molar refractivity (Wildman–Crippen MR) is 84.7 cm³/mol. The summed E-state index contributed by atoms with van der Waals surface area (Å²) in [6, 6.07) is 0. The zero-order valence-corrected chi connectivity index (χ0v) is 14.4. The SMILES string of the molecule is COC(=O)CC(CCCCCNC(=O)OC(C)(C)C)C[N+](=O)[O-]. The van der Waals surface area contributed by atoms with Crippen molar-refractivity contribution in [2.24, 2.45) is 5.92 Å². The van der Waals surface area contributed by atoms with Gasteiger partial charge in [-0.2, -0.15) is 0 Å². The third-order valence-electron chi connectivity index (χ3n) is 3.05. The molecule has 8 heteroatoms. The lowest BCUT2D eigenvalue weighted by atomic mass is 9.98. The van der Waals surface area contributed by atoms with Gasteiger partial charge in [-0.3, -0.25) is 14.9 Å². The molecule has 0 spiro atoms. The number of methoxy groups -OCH3 is 1. The van der Waals surface area contributed by atoms with Crippen LogP contribution in [0.1, 0.15) is 52.9 Å².